The van der Waals surface area contributed by atoms with Gasteiger partial charge in [-0.2, -0.15) is 0 Å². The molecular weight excluding hydrogens is 174 g/mol. The van der Waals surface area contributed by atoms with Crippen molar-refractivity contribution in [3.63, 3.8) is 0 Å². The van der Waals surface area contributed by atoms with Crippen LogP contribution >= 0.6 is 0 Å². The highest BCUT2D eigenvalue weighted by Crippen LogP contribution is 2.22. The van der Waals surface area contributed by atoms with E-state index >= 15 is 0 Å². The summed E-state index contributed by atoms with van der Waals surface area (Å²) in [4.78, 5) is 4.44. The first-order valence-corrected chi connectivity index (χ1v) is 5.12. The van der Waals surface area contributed by atoms with E-state index in [1.54, 1.807) is 0 Å². The Balaban J connectivity index is 2.86. The van der Waals surface area contributed by atoms with Gasteiger partial charge < -0.3 is 9.88 Å². The third-order valence-electron chi connectivity index (χ3n) is 2.45. The Morgan fingerprint density at radius 1 is 1.43 bits per heavy atom. The van der Waals surface area contributed by atoms with Gasteiger partial charge in [0.05, 0.1) is 0 Å². The van der Waals surface area contributed by atoms with Crippen LogP contribution < -0.4 is 5.32 Å². The van der Waals surface area contributed by atoms with Crippen molar-refractivity contribution in [2.75, 3.05) is 13.6 Å². The van der Waals surface area contributed by atoms with Gasteiger partial charge in [-0.1, -0.05) is 20.8 Å². The zero-order valence-corrected chi connectivity index (χ0v) is 9.89. The molecule has 0 radical (unpaired) electrons. The van der Waals surface area contributed by atoms with E-state index in [9.17, 15) is 0 Å². The number of likely N-dealkylation sites (N-methyl/N-ethyl adjacent to an activating group) is 1. The number of nitrogens with one attached hydrogen (secondary N) is 1. The molecule has 80 valence electrons. The van der Waals surface area contributed by atoms with Gasteiger partial charge in [-0.05, 0) is 7.05 Å². The molecule has 0 spiro atoms. The van der Waals surface area contributed by atoms with Crippen molar-refractivity contribution in [1.29, 1.82) is 0 Å². The molecule has 0 aliphatic carbocycles. The van der Waals surface area contributed by atoms with Gasteiger partial charge in [0.1, 0.15) is 5.82 Å². The van der Waals surface area contributed by atoms with Crippen molar-refractivity contribution in [3.8, 4) is 0 Å². The maximum atomic E-state index is 4.44. The minimum atomic E-state index is 0.180. The van der Waals surface area contributed by atoms with E-state index in [-0.39, 0.29) is 5.41 Å². The molecule has 0 unspecified atom stereocenters. The summed E-state index contributed by atoms with van der Waals surface area (Å²) in [7, 11) is 4.06. The number of hydrogen-bond acceptors (Lipinski definition) is 2. The summed E-state index contributed by atoms with van der Waals surface area (Å²) in [6.07, 6.45) is 2.98. The Morgan fingerprint density at radius 2 is 2.07 bits per heavy atom. The fourth-order valence-corrected chi connectivity index (χ4v) is 1.61. The highest BCUT2D eigenvalue weighted by atomic mass is 15.1. The van der Waals surface area contributed by atoms with Crippen LogP contribution in [0.5, 0.6) is 0 Å². The minimum absolute atomic E-state index is 0.180. The number of aromatic nitrogens is 2. The Bertz CT molecular complexity index is 294. The predicted octanol–water partition coefficient (Wildman–Crippen LogP) is 1.48. The lowest BCUT2D eigenvalue weighted by atomic mass is 9.93. The van der Waals surface area contributed by atoms with Crippen LogP contribution in [-0.2, 0) is 18.9 Å². The molecule has 1 N–H and O–H groups in total. The SMILES string of the molecule is CNCCc1ncc(C(C)(C)C)n1C. The van der Waals surface area contributed by atoms with Crippen molar-refractivity contribution in [2.45, 2.75) is 32.6 Å². The molecule has 0 fully saturated rings. The van der Waals surface area contributed by atoms with Crippen molar-refractivity contribution in [1.82, 2.24) is 14.9 Å². The quantitative estimate of drug-likeness (QED) is 0.791. The van der Waals surface area contributed by atoms with Crippen molar-refractivity contribution >= 4 is 0 Å². The van der Waals surface area contributed by atoms with E-state index in [1.807, 2.05) is 13.2 Å². The Labute approximate surface area is 86.5 Å². The molecule has 0 amide bonds. The molecule has 0 aromatic carbocycles. The molecule has 0 aliphatic heterocycles. The van der Waals surface area contributed by atoms with Crippen LogP contribution in [0.2, 0.25) is 0 Å². The van der Waals surface area contributed by atoms with E-state index in [1.165, 1.54) is 5.69 Å². The average molecular weight is 195 g/mol. The largest absolute Gasteiger partial charge is 0.335 e. The highest BCUT2D eigenvalue weighted by molar-refractivity contribution is 5.14. The van der Waals surface area contributed by atoms with Gasteiger partial charge in [-0.3, -0.25) is 0 Å². The third kappa shape index (κ3) is 2.35. The summed E-state index contributed by atoms with van der Waals surface area (Å²) in [5.74, 6) is 1.16. The maximum Gasteiger partial charge on any atom is 0.109 e. The van der Waals surface area contributed by atoms with Gasteiger partial charge in [-0.25, -0.2) is 4.98 Å². The van der Waals surface area contributed by atoms with Crippen LogP contribution in [0.1, 0.15) is 32.3 Å². The Morgan fingerprint density at radius 3 is 2.50 bits per heavy atom. The summed E-state index contributed by atoms with van der Waals surface area (Å²) in [6, 6.07) is 0. The van der Waals surface area contributed by atoms with Crippen LogP contribution in [0.25, 0.3) is 0 Å². The van der Waals surface area contributed by atoms with Crippen molar-refractivity contribution in [2.24, 2.45) is 7.05 Å². The van der Waals surface area contributed by atoms with E-state index in [2.05, 4.69) is 42.7 Å². The van der Waals surface area contributed by atoms with Gasteiger partial charge in [-0.15, -0.1) is 0 Å². The van der Waals surface area contributed by atoms with Crippen LogP contribution in [0.4, 0.5) is 0 Å². The predicted molar refractivity (Wildman–Crippen MR) is 59.5 cm³/mol. The Hall–Kier alpha value is -0.830. The van der Waals surface area contributed by atoms with Gasteiger partial charge in [0, 0.05) is 37.3 Å². The lowest BCUT2D eigenvalue weighted by Crippen LogP contribution is -2.18. The van der Waals surface area contributed by atoms with Crippen molar-refractivity contribution < 1.29 is 0 Å². The zero-order chi connectivity index (χ0) is 10.8. The fraction of sp³-hybridized carbons (Fsp3) is 0.727. The molecule has 0 saturated heterocycles. The third-order valence-corrected chi connectivity index (χ3v) is 2.45. The first-order chi connectivity index (χ1) is 6.46. The second-order valence-electron chi connectivity index (χ2n) is 4.72. The first-order valence-electron chi connectivity index (χ1n) is 5.12. The molecule has 0 saturated carbocycles. The van der Waals surface area contributed by atoms with E-state index < -0.39 is 0 Å². The molecule has 14 heavy (non-hydrogen) atoms. The van der Waals surface area contributed by atoms with Crippen molar-refractivity contribution in [3.05, 3.63) is 17.7 Å². The average Bonchev–Trinajstić information content (AvgIpc) is 2.42. The summed E-state index contributed by atoms with van der Waals surface area (Å²) >= 11 is 0. The molecule has 1 aromatic rings. The monoisotopic (exact) mass is 195 g/mol. The molecule has 0 atom stereocenters. The van der Waals surface area contributed by atoms with Crippen LogP contribution in [0, 0.1) is 0 Å². The molecular formula is C11H21N3. The zero-order valence-electron chi connectivity index (χ0n) is 9.89. The van der Waals surface area contributed by atoms with Gasteiger partial charge in [0.25, 0.3) is 0 Å². The van der Waals surface area contributed by atoms with E-state index in [4.69, 9.17) is 0 Å². The van der Waals surface area contributed by atoms with Crippen LogP contribution in [0.15, 0.2) is 6.20 Å². The standard InChI is InChI=1S/C11H21N3/c1-11(2,3)9-8-13-10(14(9)5)6-7-12-4/h8,12H,6-7H2,1-5H3. The maximum absolute atomic E-state index is 4.44. The van der Waals surface area contributed by atoms with E-state index in [0.29, 0.717) is 0 Å². The minimum Gasteiger partial charge on any atom is -0.335 e. The lowest BCUT2D eigenvalue weighted by Gasteiger charge is -2.19. The summed E-state index contributed by atoms with van der Waals surface area (Å²) in [5, 5.41) is 3.14. The normalized spacial score (nSPS) is 12.1. The van der Waals surface area contributed by atoms with Gasteiger partial charge >= 0.3 is 0 Å². The second-order valence-corrected chi connectivity index (χ2v) is 4.72. The summed E-state index contributed by atoms with van der Waals surface area (Å²) in [6.45, 7) is 7.62. The highest BCUT2D eigenvalue weighted by Gasteiger charge is 2.19. The molecule has 1 heterocycles. The number of hydrogen-bond donors (Lipinski definition) is 1. The molecule has 0 bridgehead atoms. The first kappa shape index (κ1) is 11.2. The summed E-state index contributed by atoms with van der Waals surface area (Å²) < 4.78 is 2.21. The van der Waals surface area contributed by atoms with Crippen LogP contribution in [-0.4, -0.2) is 23.1 Å². The molecule has 3 heteroatoms. The van der Waals surface area contributed by atoms with Crippen LogP contribution in [0.3, 0.4) is 0 Å². The van der Waals surface area contributed by atoms with E-state index in [0.717, 1.165) is 18.8 Å². The van der Waals surface area contributed by atoms with Gasteiger partial charge in [0.2, 0.25) is 0 Å². The molecule has 0 aliphatic rings. The number of rotatable bonds is 3. The molecule has 1 rings (SSSR count). The number of imidazole rings is 1. The smallest absolute Gasteiger partial charge is 0.109 e. The second kappa shape index (κ2) is 4.13. The molecule has 1 aromatic heterocycles. The van der Waals surface area contributed by atoms with Gasteiger partial charge in [0.15, 0.2) is 0 Å². The summed E-state index contributed by atoms with van der Waals surface area (Å²) in [5.41, 5.74) is 1.48. The fourth-order valence-electron chi connectivity index (χ4n) is 1.61. The lowest BCUT2D eigenvalue weighted by molar-refractivity contribution is 0.535. The number of nitrogens with zero attached hydrogens (tertiary/aromatic N) is 2. The topological polar surface area (TPSA) is 29.9 Å². The Kier molecular flexibility index (Phi) is 3.32. The molecule has 3 nitrogen and oxygen atoms in total.